The van der Waals surface area contributed by atoms with Crippen LogP contribution in [0.2, 0.25) is 0 Å². The highest BCUT2D eigenvalue weighted by Crippen LogP contribution is 2.50. The molecule has 1 aliphatic heterocycles. The second-order valence-electron chi connectivity index (χ2n) is 9.09. The Balaban J connectivity index is 1.39. The first-order valence-corrected chi connectivity index (χ1v) is 11.1. The normalized spacial score (nSPS) is 26.2. The van der Waals surface area contributed by atoms with Gasteiger partial charge in [-0.05, 0) is 48.4 Å². The van der Waals surface area contributed by atoms with Crippen LogP contribution in [-0.4, -0.2) is 34.6 Å². The van der Waals surface area contributed by atoms with Crippen LogP contribution >= 0.6 is 0 Å². The van der Waals surface area contributed by atoms with Crippen molar-refractivity contribution in [1.82, 2.24) is 9.88 Å². The van der Waals surface area contributed by atoms with Crippen molar-refractivity contribution in [2.75, 3.05) is 19.6 Å². The number of hydrogen-bond donors (Lipinski definition) is 1. The number of benzene rings is 2. The highest BCUT2D eigenvalue weighted by molar-refractivity contribution is 5.33. The van der Waals surface area contributed by atoms with E-state index in [1.54, 1.807) is 0 Å². The van der Waals surface area contributed by atoms with Gasteiger partial charge in [-0.3, -0.25) is 4.98 Å². The average Bonchev–Trinajstić information content (AvgIpc) is 3.34. The van der Waals surface area contributed by atoms with Crippen LogP contribution in [0.5, 0.6) is 0 Å². The molecule has 0 radical (unpaired) electrons. The minimum absolute atomic E-state index is 0.262. The molecule has 2 fully saturated rings. The van der Waals surface area contributed by atoms with Gasteiger partial charge < -0.3 is 10.0 Å². The first-order chi connectivity index (χ1) is 14.6. The lowest BCUT2D eigenvalue weighted by atomic mass is 9.83. The molecule has 2 aliphatic rings. The molecule has 1 saturated carbocycles. The molecule has 154 valence electrons. The van der Waals surface area contributed by atoms with Gasteiger partial charge in [0.2, 0.25) is 0 Å². The van der Waals surface area contributed by atoms with Crippen molar-refractivity contribution in [3.63, 3.8) is 0 Å². The molecule has 3 nitrogen and oxygen atoms in total. The smallest absolute Gasteiger partial charge is 0.111 e. The summed E-state index contributed by atoms with van der Waals surface area (Å²) in [5.74, 6) is 1.15. The van der Waals surface area contributed by atoms with Crippen molar-refractivity contribution >= 4 is 0 Å². The maximum atomic E-state index is 11.7. The molecule has 2 heterocycles. The summed E-state index contributed by atoms with van der Waals surface area (Å²) >= 11 is 0. The molecular weight excluding hydrogens is 368 g/mol. The molecule has 1 N–H and O–H groups in total. The van der Waals surface area contributed by atoms with E-state index >= 15 is 0 Å². The molecule has 3 heteroatoms. The SMILES string of the molecule is Cc1cccnc1[C@@]1(O)CC[C@@H]2CN(CC(c3ccccc3)c3ccccc3)C[C@@H]21. The molecule has 3 aromatic rings. The maximum absolute atomic E-state index is 11.7. The van der Waals surface area contributed by atoms with Gasteiger partial charge in [-0.1, -0.05) is 66.7 Å². The first-order valence-electron chi connectivity index (χ1n) is 11.1. The minimum Gasteiger partial charge on any atom is -0.383 e. The number of rotatable bonds is 5. The molecule has 1 saturated heterocycles. The van der Waals surface area contributed by atoms with Crippen molar-refractivity contribution in [1.29, 1.82) is 0 Å². The summed E-state index contributed by atoms with van der Waals surface area (Å²) in [5, 5.41) is 11.7. The Labute approximate surface area is 179 Å². The molecule has 0 amide bonds. The fourth-order valence-electron chi connectivity index (χ4n) is 5.80. The van der Waals surface area contributed by atoms with E-state index < -0.39 is 5.60 Å². The topological polar surface area (TPSA) is 36.4 Å². The highest BCUT2D eigenvalue weighted by Gasteiger charge is 2.53. The van der Waals surface area contributed by atoms with Crippen molar-refractivity contribution in [3.8, 4) is 0 Å². The maximum Gasteiger partial charge on any atom is 0.111 e. The summed E-state index contributed by atoms with van der Waals surface area (Å²) in [7, 11) is 0. The number of fused-ring (bicyclic) bond motifs is 1. The molecule has 0 bridgehead atoms. The van der Waals surface area contributed by atoms with Crippen LogP contribution in [0.25, 0.3) is 0 Å². The van der Waals surface area contributed by atoms with Crippen LogP contribution in [0.15, 0.2) is 79.0 Å². The Morgan fingerprint density at radius 1 is 0.967 bits per heavy atom. The average molecular weight is 399 g/mol. The summed E-state index contributed by atoms with van der Waals surface area (Å²) in [5.41, 5.74) is 3.92. The molecule has 5 rings (SSSR count). The fraction of sp³-hybridized carbons (Fsp3) is 0.370. The van der Waals surface area contributed by atoms with Crippen molar-refractivity contribution < 1.29 is 5.11 Å². The van der Waals surface area contributed by atoms with Crippen LogP contribution in [-0.2, 0) is 5.60 Å². The molecule has 30 heavy (non-hydrogen) atoms. The molecule has 1 aliphatic carbocycles. The van der Waals surface area contributed by atoms with Crippen molar-refractivity contribution in [2.24, 2.45) is 11.8 Å². The van der Waals surface area contributed by atoms with Crippen LogP contribution in [0, 0.1) is 18.8 Å². The number of pyridine rings is 1. The molecule has 3 atom stereocenters. The third-order valence-electron chi connectivity index (χ3n) is 7.29. The van der Waals surface area contributed by atoms with Gasteiger partial charge >= 0.3 is 0 Å². The minimum atomic E-state index is -0.792. The van der Waals surface area contributed by atoms with Crippen LogP contribution in [0.3, 0.4) is 0 Å². The predicted molar refractivity (Wildman–Crippen MR) is 120 cm³/mol. The second-order valence-corrected chi connectivity index (χ2v) is 9.09. The van der Waals surface area contributed by atoms with E-state index in [0.29, 0.717) is 11.8 Å². The summed E-state index contributed by atoms with van der Waals surface area (Å²) in [6.45, 7) is 5.06. The second kappa shape index (κ2) is 7.98. The number of likely N-dealkylation sites (tertiary alicyclic amines) is 1. The zero-order valence-electron chi connectivity index (χ0n) is 17.6. The number of aromatic nitrogens is 1. The van der Waals surface area contributed by atoms with E-state index in [9.17, 15) is 5.11 Å². The Kier molecular flexibility index (Phi) is 5.18. The van der Waals surface area contributed by atoms with Crippen molar-refractivity contribution in [2.45, 2.75) is 31.3 Å². The third kappa shape index (κ3) is 3.46. The van der Waals surface area contributed by atoms with Crippen LogP contribution < -0.4 is 0 Å². The largest absolute Gasteiger partial charge is 0.383 e. The highest BCUT2D eigenvalue weighted by atomic mass is 16.3. The summed E-state index contributed by atoms with van der Waals surface area (Å²) in [4.78, 5) is 7.18. The van der Waals surface area contributed by atoms with Gasteiger partial charge in [-0.15, -0.1) is 0 Å². The zero-order valence-corrected chi connectivity index (χ0v) is 17.6. The number of nitrogens with zero attached hydrogens (tertiary/aromatic N) is 2. The summed E-state index contributed by atoms with van der Waals surface area (Å²) in [6.07, 6.45) is 3.73. The Hall–Kier alpha value is -2.49. The summed E-state index contributed by atoms with van der Waals surface area (Å²) < 4.78 is 0. The van der Waals surface area contributed by atoms with Crippen LogP contribution in [0.4, 0.5) is 0 Å². The monoisotopic (exact) mass is 398 g/mol. The first kappa shape index (κ1) is 19.5. The number of aliphatic hydroxyl groups is 1. The van der Waals surface area contributed by atoms with Gasteiger partial charge in [0.25, 0.3) is 0 Å². The van der Waals surface area contributed by atoms with Gasteiger partial charge in [0, 0.05) is 37.7 Å². The Morgan fingerprint density at radius 3 is 2.27 bits per heavy atom. The standard InChI is InChI=1S/C27H30N2O/c1-20-9-8-16-28-26(20)27(30)15-14-23-17-29(19-25(23)27)18-24(21-10-4-2-5-11-21)22-12-6-3-7-13-22/h2-13,16,23-25,30H,14-15,17-19H2,1H3/t23-,25+,27-/m1/s1. The van der Waals surface area contributed by atoms with Crippen LogP contribution in [0.1, 0.15) is 41.1 Å². The van der Waals surface area contributed by atoms with Gasteiger partial charge in [0.1, 0.15) is 5.60 Å². The predicted octanol–water partition coefficient (Wildman–Crippen LogP) is 4.75. The lowest BCUT2D eigenvalue weighted by Crippen LogP contribution is -2.37. The van der Waals surface area contributed by atoms with E-state index in [4.69, 9.17) is 0 Å². The number of aryl methyl sites for hydroxylation is 1. The van der Waals surface area contributed by atoms with E-state index in [0.717, 1.165) is 43.7 Å². The Bertz CT molecular complexity index is 951. The summed E-state index contributed by atoms with van der Waals surface area (Å²) in [6, 6.07) is 25.7. The quantitative estimate of drug-likeness (QED) is 0.674. The molecular formula is C27H30N2O. The number of hydrogen-bond acceptors (Lipinski definition) is 3. The van der Waals surface area contributed by atoms with Gasteiger partial charge in [-0.2, -0.15) is 0 Å². The van der Waals surface area contributed by atoms with Gasteiger partial charge in [0.15, 0.2) is 0 Å². The van der Waals surface area contributed by atoms with E-state index in [-0.39, 0.29) is 5.92 Å². The molecule has 1 aromatic heterocycles. The lowest BCUT2D eigenvalue weighted by molar-refractivity contribution is -0.0112. The molecule has 2 aromatic carbocycles. The lowest BCUT2D eigenvalue weighted by Gasteiger charge is -2.31. The van der Waals surface area contributed by atoms with E-state index in [1.165, 1.54) is 11.1 Å². The van der Waals surface area contributed by atoms with Gasteiger partial charge in [-0.25, -0.2) is 0 Å². The van der Waals surface area contributed by atoms with Crippen molar-refractivity contribution in [3.05, 3.63) is 101 Å². The Morgan fingerprint density at radius 2 is 1.63 bits per heavy atom. The van der Waals surface area contributed by atoms with Gasteiger partial charge in [0.05, 0.1) is 5.69 Å². The third-order valence-corrected chi connectivity index (χ3v) is 7.29. The molecule has 0 spiro atoms. The van der Waals surface area contributed by atoms with E-state index in [2.05, 4.69) is 83.5 Å². The van der Waals surface area contributed by atoms with E-state index in [1.807, 2.05) is 12.3 Å². The zero-order chi connectivity index (χ0) is 20.6. The molecule has 0 unspecified atom stereocenters. The fourth-order valence-corrected chi connectivity index (χ4v) is 5.80.